The maximum Gasteiger partial charge on any atom is 0.296 e. The summed E-state index contributed by atoms with van der Waals surface area (Å²) in [5.41, 5.74) is 2.98. The summed E-state index contributed by atoms with van der Waals surface area (Å²) in [4.78, 5) is 26.8. The number of aromatic nitrogens is 2. The molecule has 0 radical (unpaired) electrons. The van der Waals surface area contributed by atoms with Gasteiger partial charge in [0.2, 0.25) is 5.75 Å². The highest BCUT2D eigenvalue weighted by Crippen LogP contribution is 2.37. The Morgan fingerprint density at radius 2 is 1.52 bits per heavy atom. The summed E-state index contributed by atoms with van der Waals surface area (Å²) < 4.78 is 47.3. The lowest BCUT2D eigenvalue weighted by atomic mass is 10.2. The van der Waals surface area contributed by atoms with Crippen LogP contribution < -0.4 is 29.5 Å². The molecule has 13 heteroatoms. The Morgan fingerprint density at radius 1 is 0.952 bits per heavy atom. The van der Waals surface area contributed by atoms with Crippen LogP contribution in [0.5, 0.6) is 17.2 Å². The van der Waals surface area contributed by atoms with E-state index in [-0.39, 0.29) is 10.6 Å². The van der Waals surface area contributed by atoms with Crippen LogP contribution in [-0.2, 0) is 21.9 Å². The van der Waals surface area contributed by atoms with Gasteiger partial charge in [-0.15, -0.1) is 0 Å². The van der Waals surface area contributed by atoms with Crippen LogP contribution in [0.3, 0.4) is 0 Å². The monoisotopic (exact) mass is 593 g/mol. The average molecular weight is 594 g/mol. The highest BCUT2D eigenvalue weighted by molar-refractivity contribution is 7.92. The normalized spacial score (nSPS) is 11.4. The minimum absolute atomic E-state index is 0.0763. The van der Waals surface area contributed by atoms with Crippen molar-refractivity contribution in [1.82, 2.24) is 14.8 Å². The van der Waals surface area contributed by atoms with E-state index in [1.807, 2.05) is 0 Å². The first-order valence-electron chi connectivity index (χ1n) is 12.7. The number of hydrogen-bond acceptors (Lipinski definition) is 8. The van der Waals surface area contributed by atoms with E-state index in [2.05, 4.69) is 10.5 Å². The predicted octanol–water partition coefficient (Wildman–Crippen LogP) is 2.86. The van der Waals surface area contributed by atoms with Crippen molar-refractivity contribution in [3.05, 3.63) is 94.4 Å². The fourth-order valence-corrected chi connectivity index (χ4v) is 5.86. The number of ether oxygens (including phenoxy) is 3. The van der Waals surface area contributed by atoms with E-state index in [1.165, 1.54) is 44.4 Å². The molecule has 0 fully saturated rings. The van der Waals surface area contributed by atoms with Crippen molar-refractivity contribution in [2.24, 2.45) is 12.1 Å². The van der Waals surface area contributed by atoms with Gasteiger partial charge in [0, 0.05) is 12.6 Å². The number of carbonyl (C=O) groups is 1. The number of hydrogen-bond donors (Lipinski definition) is 1. The van der Waals surface area contributed by atoms with Gasteiger partial charge in [-0.25, -0.2) is 22.8 Å². The first kappa shape index (κ1) is 29.9. The zero-order chi connectivity index (χ0) is 30.4. The molecule has 42 heavy (non-hydrogen) atoms. The van der Waals surface area contributed by atoms with Gasteiger partial charge in [0.25, 0.3) is 21.5 Å². The molecule has 1 heterocycles. The van der Waals surface area contributed by atoms with E-state index in [1.54, 1.807) is 79.3 Å². The van der Waals surface area contributed by atoms with Crippen LogP contribution in [0.4, 0.5) is 5.69 Å². The first-order valence-corrected chi connectivity index (χ1v) is 14.1. The summed E-state index contributed by atoms with van der Waals surface area (Å²) in [6.07, 6.45) is 1.34. The van der Waals surface area contributed by atoms with Gasteiger partial charge >= 0.3 is 0 Å². The molecule has 220 valence electrons. The van der Waals surface area contributed by atoms with Crippen LogP contribution in [0.15, 0.2) is 87.6 Å². The molecule has 4 rings (SSSR count). The maximum absolute atomic E-state index is 13.8. The van der Waals surface area contributed by atoms with E-state index < -0.39 is 28.0 Å². The molecule has 0 bridgehead atoms. The van der Waals surface area contributed by atoms with Gasteiger partial charge in [-0.2, -0.15) is 5.10 Å². The molecule has 0 atom stereocenters. The Kier molecular flexibility index (Phi) is 9.01. The molecule has 1 aromatic heterocycles. The number of carbonyl (C=O) groups excluding carboxylic acids is 1. The Balaban J connectivity index is 1.70. The Hall–Kier alpha value is -5.04. The van der Waals surface area contributed by atoms with Crippen LogP contribution in [-0.4, -0.2) is 57.8 Å². The van der Waals surface area contributed by atoms with Crippen molar-refractivity contribution < 1.29 is 27.4 Å². The van der Waals surface area contributed by atoms with Crippen molar-refractivity contribution in [2.45, 2.75) is 11.8 Å². The molecule has 0 aliphatic carbocycles. The number of nitrogens with zero attached hydrogens (tertiary/aromatic N) is 4. The SMILES string of the molecule is COc1cc(/C=N\NC(=O)CN(c2c(C)n(C)n(-c3ccccc3)c2=O)S(=O)(=O)c2ccccc2)cc(OC)c1OC. The number of amides is 1. The first-order chi connectivity index (χ1) is 20.1. The second kappa shape index (κ2) is 12.6. The molecule has 0 aliphatic rings. The van der Waals surface area contributed by atoms with Crippen LogP contribution in [0.25, 0.3) is 5.69 Å². The highest BCUT2D eigenvalue weighted by atomic mass is 32.2. The molecule has 0 spiro atoms. The Bertz CT molecular complexity index is 1740. The van der Waals surface area contributed by atoms with Gasteiger partial charge in [-0.3, -0.25) is 14.3 Å². The molecule has 3 aromatic carbocycles. The summed E-state index contributed by atoms with van der Waals surface area (Å²) >= 11 is 0. The van der Waals surface area contributed by atoms with Gasteiger partial charge in [-0.1, -0.05) is 36.4 Å². The van der Waals surface area contributed by atoms with Crippen molar-refractivity contribution in [3.8, 4) is 22.9 Å². The number of sulfonamides is 1. The van der Waals surface area contributed by atoms with Gasteiger partial charge < -0.3 is 14.2 Å². The highest BCUT2D eigenvalue weighted by Gasteiger charge is 2.33. The number of rotatable bonds is 11. The fourth-order valence-electron chi connectivity index (χ4n) is 4.37. The second-order valence-corrected chi connectivity index (χ2v) is 10.8. The van der Waals surface area contributed by atoms with E-state index in [4.69, 9.17) is 14.2 Å². The smallest absolute Gasteiger partial charge is 0.296 e. The maximum atomic E-state index is 13.8. The average Bonchev–Trinajstić information content (AvgIpc) is 3.22. The summed E-state index contributed by atoms with van der Waals surface area (Å²) in [7, 11) is 1.73. The molecule has 1 amide bonds. The predicted molar refractivity (Wildman–Crippen MR) is 159 cm³/mol. The zero-order valence-corrected chi connectivity index (χ0v) is 24.6. The summed E-state index contributed by atoms with van der Waals surface area (Å²) in [5.74, 6) is 0.396. The standard InChI is InChI=1S/C29H31N5O7S/c1-20-27(29(36)34(32(20)2)22-12-8-6-9-13-22)33(42(37,38)23-14-10-7-11-15-23)19-26(35)31-30-18-21-16-24(39-3)28(41-5)25(17-21)40-4/h6-18H,19H2,1-5H3,(H,31,35)/b30-18-. The third kappa shape index (κ3) is 5.86. The molecule has 0 unspecified atom stereocenters. The number of benzene rings is 3. The molecular weight excluding hydrogens is 562 g/mol. The molecule has 0 aliphatic heterocycles. The van der Waals surface area contributed by atoms with E-state index >= 15 is 0 Å². The molecular formula is C29H31N5O7S. The van der Waals surface area contributed by atoms with E-state index in [0.717, 1.165) is 4.31 Å². The quantitative estimate of drug-likeness (QED) is 0.209. The molecule has 0 saturated carbocycles. The zero-order valence-electron chi connectivity index (χ0n) is 23.8. The lowest BCUT2D eigenvalue weighted by Crippen LogP contribution is -2.42. The van der Waals surface area contributed by atoms with E-state index in [9.17, 15) is 18.0 Å². The second-order valence-electron chi connectivity index (χ2n) is 8.99. The third-order valence-corrected chi connectivity index (χ3v) is 8.24. The Labute approximate surface area is 243 Å². The van der Waals surface area contributed by atoms with Crippen LogP contribution >= 0.6 is 0 Å². The summed E-state index contributed by atoms with van der Waals surface area (Å²) in [5, 5.41) is 3.98. The van der Waals surface area contributed by atoms with Crippen molar-refractivity contribution in [1.29, 1.82) is 0 Å². The number of nitrogens with one attached hydrogen (secondary N) is 1. The summed E-state index contributed by atoms with van der Waals surface area (Å²) in [6, 6.07) is 19.6. The number of hydrazone groups is 1. The number of methoxy groups -OCH3 is 3. The van der Waals surface area contributed by atoms with Crippen LogP contribution in [0.2, 0.25) is 0 Å². The van der Waals surface area contributed by atoms with E-state index in [0.29, 0.717) is 34.2 Å². The fraction of sp³-hybridized carbons (Fsp3) is 0.207. The van der Waals surface area contributed by atoms with Gasteiger partial charge in [0.15, 0.2) is 11.5 Å². The lowest BCUT2D eigenvalue weighted by molar-refractivity contribution is -0.119. The third-order valence-electron chi connectivity index (χ3n) is 6.48. The lowest BCUT2D eigenvalue weighted by Gasteiger charge is -2.22. The van der Waals surface area contributed by atoms with Crippen molar-refractivity contribution >= 4 is 27.8 Å². The number of anilines is 1. The number of para-hydroxylation sites is 1. The molecule has 1 N–H and O–H groups in total. The van der Waals surface area contributed by atoms with Crippen molar-refractivity contribution in [3.63, 3.8) is 0 Å². The topological polar surface area (TPSA) is 133 Å². The molecule has 4 aromatic rings. The van der Waals surface area contributed by atoms with Crippen LogP contribution in [0.1, 0.15) is 11.3 Å². The van der Waals surface area contributed by atoms with Crippen molar-refractivity contribution in [2.75, 3.05) is 32.2 Å². The van der Waals surface area contributed by atoms with Crippen LogP contribution in [0, 0.1) is 6.92 Å². The molecule has 12 nitrogen and oxygen atoms in total. The Morgan fingerprint density at radius 3 is 2.07 bits per heavy atom. The van der Waals surface area contributed by atoms with Gasteiger partial charge in [0.1, 0.15) is 12.2 Å². The molecule has 0 saturated heterocycles. The minimum atomic E-state index is -4.34. The van der Waals surface area contributed by atoms with Gasteiger partial charge in [0.05, 0.1) is 43.8 Å². The summed E-state index contributed by atoms with van der Waals surface area (Å²) in [6.45, 7) is 0.906. The largest absolute Gasteiger partial charge is 0.493 e. The van der Waals surface area contributed by atoms with Gasteiger partial charge in [-0.05, 0) is 43.3 Å². The minimum Gasteiger partial charge on any atom is -0.493 e.